The maximum Gasteiger partial charge on any atom is 0.0939 e. The van der Waals surface area contributed by atoms with Crippen LogP contribution in [0.25, 0.3) is 0 Å². The van der Waals surface area contributed by atoms with Gasteiger partial charge in [-0.2, -0.15) is 5.26 Å². The summed E-state index contributed by atoms with van der Waals surface area (Å²) < 4.78 is 0. The van der Waals surface area contributed by atoms with E-state index in [1.807, 2.05) is 6.07 Å². The van der Waals surface area contributed by atoms with Gasteiger partial charge in [0.05, 0.1) is 28.1 Å². The maximum atomic E-state index is 9.35. The molecule has 1 aromatic carbocycles. The number of rotatable bonds is 2. The van der Waals surface area contributed by atoms with Gasteiger partial charge in [0.2, 0.25) is 0 Å². The molecule has 0 bridgehead atoms. The first kappa shape index (κ1) is 10.4. The molecule has 0 aromatic heterocycles. The van der Waals surface area contributed by atoms with Crippen molar-refractivity contribution in [2.75, 3.05) is 6.61 Å². The lowest BCUT2D eigenvalue weighted by atomic mass is 9.82. The summed E-state index contributed by atoms with van der Waals surface area (Å²) in [6.45, 7) is 0.0749. The van der Waals surface area contributed by atoms with E-state index in [9.17, 15) is 10.4 Å². The number of benzene rings is 1. The summed E-state index contributed by atoms with van der Waals surface area (Å²) in [4.78, 5) is 0. The van der Waals surface area contributed by atoms with Gasteiger partial charge in [-0.05, 0) is 30.0 Å². The Labute approximate surface area is 103 Å². The number of aliphatic hydroxyl groups is 1. The molecule has 0 amide bonds. The first-order chi connectivity index (χ1) is 7.62. The highest BCUT2D eigenvalue weighted by Gasteiger charge is 2.90. The molecular weight excluding hydrogens is 245 g/mol. The molecule has 82 valence electrons. The molecule has 2 aliphatic carbocycles. The van der Waals surface area contributed by atoms with Crippen molar-refractivity contribution >= 4 is 23.2 Å². The summed E-state index contributed by atoms with van der Waals surface area (Å²) in [5.74, 6) is 0.298. The van der Waals surface area contributed by atoms with Crippen LogP contribution in [0.4, 0.5) is 0 Å². The number of nitrogens with zero attached hydrogens (tertiary/aromatic N) is 1. The highest BCUT2D eigenvalue weighted by atomic mass is 35.5. The number of hydrogen-bond donors (Lipinski definition) is 1. The number of hydrogen-bond acceptors (Lipinski definition) is 2. The van der Waals surface area contributed by atoms with E-state index in [0.717, 1.165) is 12.0 Å². The molecule has 4 heteroatoms. The molecule has 3 rings (SSSR count). The summed E-state index contributed by atoms with van der Waals surface area (Å²) in [7, 11) is 0. The van der Waals surface area contributed by atoms with Crippen LogP contribution in [0.15, 0.2) is 18.2 Å². The van der Waals surface area contributed by atoms with Crippen molar-refractivity contribution in [2.24, 2.45) is 11.3 Å². The van der Waals surface area contributed by atoms with Crippen LogP contribution in [-0.4, -0.2) is 11.7 Å². The fourth-order valence-corrected chi connectivity index (χ4v) is 3.25. The molecule has 2 saturated carbocycles. The van der Waals surface area contributed by atoms with Crippen molar-refractivity contribution in [3.8, 4) is 6.07 Å². The van der Waals surface area contributed by atoms with Crippen molar-refractivity contribution in [2.45, 2.75) is 11.8 Å². The average molecular weight is 254 g/mol. The van der Waals surface area contributed by atoms with Gasteiger partial charge in [-0.3, -0.25) is 0 Å². The molecule has 2 fully saturated rings. The van der Waals surface area contributed by atoms with E-state index >= 15 is 0 Å². The van der Waals surface area contributed by atoms with E-state index in [1.54, 1.807) is 12.1 Å². The number of aliphatic hydroxyl groups excluding tert-OH is 1. The summed E-state index contributed by atoms with van der Waals surface area (Å²) in [6, 6.07) is 7.64. The minimum Gasteiger partial charge on any atom is -0.396 e. The van der Waals surface area contributed by atoms with Crippen LogP contribution in [0.3, 0.4) is 0 Å². The van der Waals surface area contributed by atoms with Crippen molar-refractivity contribution in [3.63, 3.8) is 0 Å². The number of nitriles is 1. The molecule has 0 spiro atoms. The second-order valence-electron chi connectivity index (χ2n) is 4.62. The van der Waals surface area contributed by atoms with E-state index < -0.39 is 5.41 Å². The van der Waals surface area contributed by atoms with Gasteiger partial charge in [-0.25, -0.2) is 0 Å². The van der Waals surface area contributed by atoms with Crippen molar-refractivity contribution < 1.29 is 5.11 Å². The molecular formula is C12H9Cl2NO. The molecule has 0 aliphatic heterocycles. The molecule has 1 unspecified atom stereocenters. The maximum absolute atomic E-state index is 9.35. The smallest absolute Gasteiger partial charge is 0.0939 e. The van der Waals surface area contributed by atoms with E-state index in [-0.39, 0.29) is 12.0 Å². The second-order valence-corrected chi connectivity index (χ2v) is 5.43. The van der Waals surface area contributed by atoms with Crippen LogP contribution in [0.1, 0.15) is 12.0 Å². The highest BCUT2D eigenvalue weighted by Crippen LogP contribution is 2.87. The third kappa shape index (κ3) is 0.930. The fraction of sp³-hybridized carbons (Fsp3) is 0.417. The largest absolute Gasteiger partial charge is 0.396 e. The molecule has 2 aliphatic rings. The van der Waals surface area contributed by atoms with Gasteiger partial charge in [-0.15, -0.1) is 0 Å². The van der Waals surface area contributed by atoms with Crippen molar-refractivity contribution in [3.05, 3.63) is 33.8 Å². The lowest BCUT2D eigenvalue weighted by Crippen LogP contribution is -2.22. The molecule has 0 saturated heterocycles. The van der Waals surface area contributed by atoms with Gasteiger partial charge in [0.1, 0.15) is 0 Å². The lowest BCUT2D eigenvalue weighted by Gasteiger charge is -2.19. The number of fused-ring (bicyclic) bond motifs is 1. The number of halogens is 2. The van der Waals surface area contributed by atoms with Gasteiger partial charge >= 0.3 is 0 Å². The Kier molecular flexibility index (Phi) is 1.90. The first-order valence-corrected chi connectivity index (χ1v) is 5.85. The van der Waals surface area contributed by atoms with Crippen LogP contribution in [0.2, 0.25) is 10.0 Å². The van der Waals surface area contributed by atoms with Gasteiger partial charge in [0.15, 0.2) is 0 Å². The van der Waals surface area contributed by atoms with Crippen molar-refractivity contribution in [1.82, 2.24) is 0 Å². The predicted octanol–water partition coefficient (Wildman–Crippen LogP) is 2.77. The predicted molar refractivity (Wildman–Crippen MR) is 61.4 cm³/mol. The quantitative estimate of drug-likeness (QED) is 0.881. The first-order valence-electron chi connectivity index (χ1n) is 5.10. The molecule has 3 atom stereocenters. The Morgan fingerprint density at radius 2 is 2.19 bits per heavy atom. The van der Waals surface area contributed by atoms with Gasteiger partial charge < -0.3 is 5.11 Å². The summed E-state index contributed by atoms with van der Waals surface area (Å²) >= 11 is 11.8. The molecule has 0 radical (unpaired) electrons. The Bertz CT molecular complexity index is 524. The molecule has 0 heterocycles. The summed E-state index contributed by atoms with van der Waals surface area (Å²) in [6.07, 6.45) is 0.942. The van der Waals surface area contributed by atoms with Crippen LogP contribution in [0.5, 0.6) is 0 Å². The Morgan fingerprint density at radius 1 is 1.44 bits per heavy atom. The standard InChI is InChI=1S/C12H9Cl2NO/c13-8-2-1-7(3-9(8)14)12(5-15)10-4-11(10,12)6-16/h1-3,10,16H,4,6H2/t10?,11-,12-/m1/s1. The summed E-state index contributed by atoms with van der Waals surface area (Å²) in [5.41, 5.74) is 0.171. The molecule has 1 N–H and O–H groups in total. The van der Waals surface area contributed by atoms with Gasteiger partial charge in [0.25, 0.3) is 0 Å². The minimum absolute atomic E-state index is 0.0749. The molecule has 2 nitrogen and oxygen atoms in total. The Morgan fingerprint density at radius 3 is 2.62 bits per heavy atom. The van der Waals surface area contributed by atoms with Crippen LogP contribution < -0.4 is 0 Å². The van der Waals surface area contributed by atoms with E-state index in [4.69, 9.17) is 23.2 Å². The highest BCUT2D eigenvalue weighted by molar-refractivity contribution is 6.42. The van der Waals surface area contributed by atoms with Crippen LogP contribution in [-0.2, 0) is 5.41 Å². The zero-order valence-corrected chi connectivity index (χ0v) is 9.89. The van der Waals surface area contributed by atoms with Crippen LogP contribution in [0, 0.1) is 22.7 Å². The van der Waals surface area contributed by atoms with E-state index in [2.05, 4.69) is 6.07 Å². The Balaban J connectivity index is 2.06. The zero-order valence-electron chi connectivity index (χ0n) is 8.37. The topological polar surface area (TPSA) is 44.0 Å². The SMILES string of the molecule is N#C[C@@]1(c2ccc(Cl)c(Cl)c2)C2C[C@@]21CO. The zero-order chi connectivity index (χ0) is 11.6. The third-order valence-electron chi connectivity index (χ3n) is 4.13. The van der Waals surface area contributed by atoms with Crippen molar-refractivity contribution in [1.29, 1.82) is 5.26 Å². The minimum atomic E-state index is -0.518. The van der Waals surface area contributed by atoms with Crippen LogP contribution >= 0.6 is 23.2 Å². The van der Waals surface area contributed by atoms with Gasteiger partial charge in [-0.1, -0.05) is 29.3 Å². The van der Waals surface area contributed by atoms with E-state index in [1.165, 1.54) is 0 Å². The molecule has 1 aromatic rings. The van der Waals surface area contributed by atoms with E-state index in [0.29, 0.717) is 16.0 Å². The molecule has 16 heavy (non-hydrogen) atoms. The summed E-state index contributed by atoms with van der Waals surface area (Å²) in [5, 5.41) is 19.6. The fourth-order valence-electron chi connectivity index (χ4n) is 2.96. The monoisotopic (exact) mass is 253 g/mol. The lowest BCUT2D eigenvalue weighted by molar-refractivity contribution is 0.228. The average Bonchev–Trinajstić information content (AvgIpc) is 3.12. The Hall–Kier alpha value is -0.750. The third-order valence-corrected chi connectivity index (χ3v) is 4.87. The second kappa shape index (κ2) is 2.92. The van der Waals surface area contributed by atoms with Gasteiger partial charge in [0, 0.05) is 5.41 Å². The normalized spacial score (nSPS) is 38.8.